The van der Waals surface area contributed by atoms with Gasteiger partial charge in [0, 0.05) is 4.88 Å². The second-order valence-corrected chi connectivity index (χ2v) is 3.28. The fourth-order valence-corrected chi connectivity index (χ4v) is 1.87. The lowest BCUT2D eigenvalue weighted by molar-refractivity contribution is 0.757. The molecule has 10 heavy (non-hydrogen) atoms. The Kier molecular flexibility index (Phi) is 1.51. The van der Waals surface area contributed by atoms with Crippen molar-refractivity contribution in [3.63, 3.8) is 0 Å². The number of hydrogen-bond donors (Lipinski definition) is 0. The molecular weight excluding hydrogens is 144 g/mol. The largest absolute Gasteiger partial charge is 0.193 e. The third-order valence-electron chi connectivity index (χ3n) is 1.60. The summed E-state index contributed by atoms with van der Waals surface area (Å²) < 4.78 is 0. The van der Waals surface area contributed by atoms with Crippen LogP contribution >= 0.6 is 11.3 Å². The first-order valence-electron chi connectivity index (χ1n) is 3.37. The van der Waals surface area contributed by atoms with Gasteiger partial charge in [-0.25, -0.2) is 0 Å². The van der Waals surface area contributed by atoms with E-state index in [1.54, 1.807) is 11.3 Å². The van der Waals surface area contributed by atoms with Crippen LogP contribution in [0.2, 0.25) is 0 Å². The Hall–Kier alpha value is -0.700. The molecule has 1 aromatic heterocycles. The Bertz CT molecular complexity index is 228. The van der Waals surface area contributed by atoms with E-state index in [4.69, 9.17) is 0 Å². The lowest BCUT2D eigenvalue weighted by Gasteiger charge is -1.97. The summed E-state index contributed by atoms with van der Waals surface area (Å²) >= 11 is 1.77. The summed E-state index contributed by atoms with van der Waals surface area (Å²) in [5.74, 6) is 0. The smallest absolute Gasteiger partial charge is 0.107 e. The summed E-state index contributed by atoms with van der Waals surface area (Å²) in [5.41, 5.74) is 0. The van der Waals surface area contributed by atoms with Crippen LogP contribution in [0.1, 0.15) is 17.3 Å². The molecule has 0 spiro atoms. The Morgan fingerprint density at radius 2 is 2.60 bits per heavy atom. The molecule has 0 saturated heterocycles. The number of thiophene rings is 1. The van der Waals surface area contributed by atoms with Crippen LogP contribution in [0, 0.1) is 0 Å². The second-order valence-electron chi connectivity index (χ2n) is 2.30. The van der Waals surface area contributed by atoms with Gasteiger partial charge in [0.2, 0.25) is 0 Å². The molecular formula is C7H8N2S. The van der Waals surface area contributed by atoms with E-state index in [-0.39, 0.29) is 0 Å². The molecule has 2 rings (SSSR count). The summed E-state index contributed by atoms with van der Waals surface area (Å²) in [6.45, 7) is 0.905. The molecule has 2 heterocycles. The number of rotatable bonds is 1. The van der Waals surface area contributed by atoms with Crippen LogP contribution in [0.4, 0.5) is 0 Å². The van der Waals surface area contributed by atoms with Crippen molar-refractivity contribution in [3.05, 3.63) is 22.4 Å². The first kappa shape index (κ1) is 6.04. The minimum atomic E-state index is 0.375. The summed E-state index contributed by atoms with van der Waals surface area (Å²) in [7, 11) is 0. The van der Waals surface area contributed by atoms with Crippen molar-refractivity contribution in [3.8, 4) is 0 Å². The highest BCUT2D eigenvalue weighted by Crippen LogP contribution is 2.29. The molecule has 2 nitrogen and oxygen atoms in total. The van der Waals surface area contributed by atoms with Crippen LogP contribution in [-0.4, -0.2) is 6.54 Å². The lowest BCUT2D eigenvalue weighted by atomic mass is 10.2. The molecule has 1 unspecified atom stereocenters. The third-order valence-corrected chi connectivity index (χ3v) is 2.57. The molecule has 0 amide bonds. The van der Waals surface area contributed by atoms with Gasteiger partial charge in [-0.05, 0) is 17.9 Å². The molecule has 1 aliphatic rings. The Labute approximate surface area is 63.6 Å². The molecule has 3 heteroatoms. The van der Waals surface area contributed by atoms with E-state index < -0.39 is 0 Å². The number of hydrogen-bond acceptors (Lipinski definition) is 3. The normalized spacial score (nSPS) is 23.8. The average molecular weight is 152 g/mol. The van der Waals surface area contributed by atoms with E-state index in [1.807, 2.05) is 0 Å². The predicted octanol–water partition coefficient (Wildman–Crippen LogP) is 2.65. The van der Waals surface area contributed by atoms with Crippen LogP contribution in [0.25, 0.3) is 0 Å². The minimum absolute atomic E-state index is 0.375. The molecule has 1 atom stereocenters. The zero-order valence-electron chi connectivity index (χ0n) is 5.53. The summed E-state index contributed by atoms with van der Waals surface area (Å²) in [6.07, 6.45) is 1.10. The Balaban J connectivity index is 2.20. The molecule has 0 aliphatic carbocycles. The van der Waals surface area contributed by atoms with Crippen LogP contribution < -0.4 is 0 Å². The standard InChI is InChI=1S/C7H8N2S/c1-2-7(10-5-1)6-3-4-8-9-6/h1-2,5-6H,3-4H2. The maximum Gasteiger partial charge on any atom is 0.107 e. The summed E-state index contributed by atoms with van der Waals surface area (Å²) in [5, 5.41) is 10.2. The topological polar surface area (TPSA) is 24.7 Å². The van der Waals surface area contributed by atoms with Crippen LogP contribution in [0.5, 0.6) is 0 Å². The van der Waals surface area contributed by atoms with Crippen molar-refractivity contribution in [2.24, 2.45) is 10.2 Å². The Morgan fingerprint density at radius 3 is 3.20 bits per heavy atom. The van der Waals surface area contributed by atoms with E-state index in [0.29, 0.717) is 6.04 Å². The van der Waals surface area contributed by atoms with E-state index in [2.05, 4.69) is 27.7 Å². The van der Waals surface area contributed by atoms with Gasteiger partial charge in [0.1, 0.15) is 6.04 Å². The lowest BCUT2D eigenvalue weighted by Crippen LogP contribution is -1.85. The van der Waals surface area contributed by atoms with Gasteiger partial charge in [-0.1, -0.05) is 6.07 Å². The van der Waals surface area contributed by atoms with Gasteiger partial charge in [0.05, 0.1) is 6.54 Å². The molecule has 1 aromatic rings. The average Bonchev–Trinajstić information content (AvgIpc) is 2.59. The second kappa shape index (κ2) is 2.50. The molecule has 0 aromatic carbocycles. The van der Waals surface area contributed by atoms with Crippen LogP contribution in [0.15, 0.2) is 27.7 Å². The zero-order valence-corrected chi connectivity index (χ0v) is 6.34. The van der Waals surface area contributed by atoms with Gasteiger partial charge in [-0.3, -0.25) is 0 Å². The van der Waals surface area contributed by atoms with Crippen molar-refractivity contribution in [1.82, 2.24) is 0 Å². The van der Waals surface area contributed by atoms with Crippen molar-refractivity contribution in [1.29, 1.82) is 0 Å². The van der Waals surface area contributed by atoms with E-state index >= 15 is 0 Å². The van der Waals surface area contributed by atoms with Crippen molar-refractivity contribution in [2.45, 2.75) is 12.5 Å². The number of nitrogens with zero attached hydrogens (tertiary/aromatic N) is 2. The summed E-state index contributed by atoms with van der Waals surface area (Å²) in [6, 6.07) is 4.56. The molecule has 1 aliphatic heterocycles. The highest BCUT2D eigenvalue weighted by Gasteiger charge is 2.14. The van der Waals surface area contributed by atoms with Crippen molar-refractivity contribution in [2.75, 3.05) is 6.54 Å². The zero-order chi connectivity index (χ0) is 6.81. The van der Waals surface area contributed by atoms with E-state index in [0.717, 1.165) is 13.0 Å². The maximum atomic E-state index is 4.11. The Morgan fingerprint density at radius 1 is 1.60 bits per heavy atom. The summed E-state index contributed by atoms with van der Waals surface area (Å²) in [4.78, 5) is 1.35. The highest BCUT2D eigenvalue weighted by molar-refractivity contribution is 7.10. The quantitative estimate of drug-likeness (QED) is 0.591. The number of azo groups is 1. The van der Waals surface area contributed by atoms with Crippen LogP contribution in [-0.2, 0) is 0 Å². The van der Waals surface area contributed by atoms with Crippen molar-refractivity contribution < 1.29 is 0 Å². The predicted molar refractivity (Wildman–Crippen MR) is 41.4 cm³/mol. The minimum Gasteiger partial charge on any atom is -0.193 e. The fourth-order valence-electron chi connectivity index (χ4n) is 1.07. The van der Waals surface area contributed by atoms with Crippen LogP contribution in [0.3, 0.4) is 0 Å². The third kappa shape index (κ3) is 0.968. The van der Waals surface area contributed by atoms with Crippen molar-refractivity contribution >= 4 is 11.3 Å². The van der Waals surface area contributed by atoms with E-state index in [9.17, 15) is 0 Å². The van der Waals surface area contributed by atoms with Gasteiger partial charge >= 0.3 is 0 Å². The molecule has 0 fully saturated rings. The first-order chi connectivity index (χ1) is 4.97. The monoisotopic (exact) mass is 152 g/mol. The van der Waals surface area contributed by atoms with Gasteiger partial charge in [-0.15, -0.1) is 11.3 Å². The van der Waals surface area contributed by atoms with Gasteiger partial charge in [0.15, 0.2) is 0 Å². The highest BCUT2D eigenvalue weighted by atomic mass is 32.1. The molecule has 52 valence electrons. The van der Waals surface area contributed by atoms with E-state index in [1.165, 1.54) is 4.88 Å². The molecule has 0 bridgehead atoms. The van der Waals surface area contributed by atoms with Gasteiger partial charge in [-0.2, -0.15) is 10.2 Å². The maximum absolute atomic E-state index is 4.11. The fraction of sp³-hybridized carbons (Fsp3) is 0.429. The molecule has 0 saturated carbocycles. The van der Waals surface area contributed by atoms with Gasteiger partial charge in [0.25, 0.3) is 0 Å². The molecule has 0 radical (unpaired) electrons. The SMILES string of the molecule is c1csc(C2CCN=N2)c1. The first-order valence-corrected chi connectivity index (χ1v) is 4.25. The molecule has 0 N–H and O–H groups in total. The van der Waals surface area contributed by atoms with Gasteiger partial charge < -0.3 is 0 Å².